The van der Waals surface area contributed by atoms with E-state index < -0.39 is 0 Å². The van der Waals surface area contributed by atoms with E-state index in [-0.39, 0.29) is 11.5 Å². The van der Waals surface area contributed by atoms with Crippen molar-refractivity contribution in [2.45, 2.75) is 26.7 Å². The number of benzene rings is 1. The second kappa shape index (κ2) is 6.20. The van der Waals surface area contributed by atoms with Crippen LogP contribution in [-0.4, -0.2) is 21.2 Å². The second-order valence-corrected chi connectivity index (χ2v) is 5.76. The smallest absolute Gasteiger partial charge is 0.278 e. The van der Waals surface area contributed by atoms with Crippen LogP contribution in [0.25, 0.3) is 16.9 Å². The Morgan fingerprint density at radius 3 is 2.88 bits per heavy atom. The van der Waals surface area contributed by atoms with Crippen molar-refractivity contribution in [3.63, 3.8) is 0 Å². The molecule has 0 saturated heterocycles. The zero-order valence-corrected chi connectivity index (χ0v) is 13.8. The molecule has 0 spiro atoms. The van der Waals surface area contributed by atoms with Crippen molar-refractivity contribution in [1.29, 1.82) is 5.26 Å². The standard InChI is InChI=1S/C18H18N4O2/c1-4-24-14-7-5-6-12(8-14)16-15(11(2)3)18(23)22-17(21-16)13(9-19)10-20-22/h5-8,10-11,21H,4H2,1-3H3. The molecule has 0 aliphatic heterocycles. The molecule has 0 bridgehead atoms. The lowest BCUT2D eigenvalue weighted by Gasteiger charge is -2.14. The summed E-state index contributed by atoms with van der Waals surface area (Å²) in [6, 6.07) is 9.62. The number of nitrogens with zero attached hydrogens (tertiary/aromatic N) is 3. The number of aromatic nitrogens is 3. The lowest BCUT2D eigenvalue weighted by Crippen LogP contribution is -2.22. The minimum atomic E-state index is -0.211. The summed E-state index contributed by atoms with van der Waals surface area (Å²) in [4.78, 5) is 16.1. The van der Waals surface area contributed by atoms with Crippen molar-refractivity contribution in [3.8, 4) is 23.1 Å². The summed E-state index contributed by atoms with van der Waals surface area (Å²) in [5.74, 6) is 0.734. The first-order chi connectivity index (χ1) is 11.6. The van der Waals surface area contributed by atoms with E-state index in [1.165, 1.54) is 10.7 Å². The van der Waals surface area contributed by atoms with Gasteiger partial charge in [-0.1, -0.05) is 26.0 Å². The van der Waals surface area contributed by atoms with Crippen LogP contribution in [0.1, 0.15) is 37.8 Å². The third-order valence-electron chi connectivity index (χ3n) is 3.84. The summed E-state index contributed by atoms with van der Waals surface area (Å²) in [6.45, 7) is 6.41. The Morgan fingerprint density at radius 1 is 1.42 bits per heavy atom. The zero-order chi connectivity index (χ0) is 17.3. The Morgan fingerprint density at radius 2 is 2.21 bits per heavy atom. The summed E-state index contributed by atoms with van der Waals surface area (Å²) in [5, 5.41) is 13.3. The van der Waals surface area contributed by atoms with Crippen molar-refractivity contribution in [2.75, 3.05) is 6.61 Å². The third kappa shape index (κ3) is 2.54. The van der Waals surface area contributed by atoms with Gasteiger partial charge in [0.25, 0.3) is 5.56 Å². The minimum Gasteiger partial charge on any atom is -0.494 e. The molecule has 3 rings (SSSR count). The zero-order valence-electron chi connectivity index (χ0n) is 13.8. The number of rotatable bonds is 4. The molecule has 0 amide bonds. The monoisotopic (exact) mass is 322 g/mol. The first kappa shape index (κ1) is 15.8. The second-order valence-electron chi connectivity index (χ2n) is 5.76. The molecule has 1 aromatic carbocycles. The number of H-pyrrole nitrogens is 1. The van der Waals surface area contributed by atoms with Crippen LogP contribution in [0.5, 0.6) is 5.75 Å². The van der Waals surface area contributed by atoms with E-state index >= 15 is 0 Å². The first-order valence-corrected chi connectivity index (χ1v) is 7.84. The summed E-state index contributed by atoms with van der Waals surface area (Å²) in [7, 11) is 0. The molecule has 3 aromatic rings. The fraction of sp³-hybridized carbons (Fsp3) is 0.278. The minimum absolute atomic E-state index is 0.00126. The molecule has 0 saturated carbocycles. The maximum Gasteiger partial charge on any atom is 0.278 e. The van der Waals surface area contributed by atoms with Crippen LogP contribution in [0.3, 0.4) is 0 Å². The average Bonchev–Trinajstić information content (AvgIpc) is 2.98. The van der Waals surface area contributed by atoms with Crippen LogP contribution in [0.15, 0.2) is 35.3 Å². The van der Waals surface area contributed by atoms with Gasteiger partial charge in [-0.25, -0.2) is 0 Å². The predicted octanol–water partition coefficient (Wildman–Crippen LogP) is 3.08. The topological polar surface area (TPSA) is 83.2 Å². The number of nitrogens with one attached hydrogen (secondary N) is 1. The molecule has 24 heavy (non-hydrogen) atoms. The van der Waals surface area contributed by atoms with E-state index in [0.29, 0.717) is 29.1 Å². The molecule has 2 heterocycles. The number of hydrogen-bond donors (Lipinski definition) is 1. The predicted molar refractivity (Wildman–Crippen MR) is 91.2 cm³/mol. The van der Waals surface area contributed by atoms with Gasteiger partial charge in [-0.2, -0.15) is 14.9 Å². The van der Waals surface area contributed by atoms with E-state index in [1.807, 2.05) is 45.0 Å². The molecule has 0 fully saturated rings. The highest BCUT2D eigenvalue weighted by Crippen LogP contribution is 2.28. The highest BCUT2D eigenvalue weighted by molar-refractivity contribution is 5.69. The normalized spacial score (nSPS) is 11.0. The fourth-order valence-electron chi connectivity index (χ4n) is 2.78. The van der Waals surface area contributed by atoms with Crippen molar-refractivity contribution in [2.24, 2.45) is 0 Å². The van der Waals surface area contributed by atoms with Crippen molar-refractivity contribution in [1.82, 2.24) is 14.6 Å². The van der Waals surface area contributed by atoms with Crippen LogP contribution >= 0.6 is 0 Å². The molecule has 0 unspecified atom stereocenters. The Hall–Kier alpha value is -3.07. The van der Waals surface area contributed by atoms with Crippen LogP contribution in [0, 0.1) is 11.3 Å². The highest BCUT2D eigenvalue weighted by Gasteiger charge is 2.19. The van der Waals surface area contributed by atoms with Crippen molar-refractivity contribution < 1.29 is 4.74 Å². The molecule has 0 aliphatic carbocycles. The molecule has 0 radical (unpaired) electrons. The molecule has 6 nitrogen and oxygen atoms in total. The molecule has 0 atom stereocenters. The Balaban J connectivity index is 2.33. The maximum atomic E-state index is 12.8. The van der Waals surface area contributed by atoms with Gasteiger partial charge in [-0.3, -0.25) is 4.79 Å². The highest BCUT2D eigenvalue weighted by atomic mass is 16.5. The molecule has 0 aliphatic rings. The van der Waals surface area contributed by atoms with Crippen LogP contribution in [-0.2, 0) is 0 Å². The van der Waals surface area contributed by atoms with Gasteiger partial charge in [0.1, 0.15) is 17.4 Å². The fourth-order valence-corrected chi connectivity index (χ4v) is 2.78. The number of hydrogen-bond acceptors (Lipinski definition) is 4. The van der Waals surface area contributed by atoms with E-state index in [9.17, 15) is 10.1 Å². The number of ether oxygens (including phenoxy) is 1. The van der Waals surface area contributed by atoms with E-state index in [1.54, 1.807) is 0 Å². The molecule has 2 aromatic heterocycles. The summed E-state index contributed by atoms with van der Waals surface area (Å²) in [6.07, 6.45) is 1.40. The SMILES string of the molecule is CCOc1cccc(-c2[nH]c3c(C#N)cnn3c(=O)c2C(C)C)c1. The number of aromatic amines is 1. The van der Waals surface area contributed by atoms with Gasteiger partial charge in [0.15, 0.2) is 5.65 Å². The lowest BCUT2D eigenvalue weighted by atomic mass is 9.98. The summed E-state index contributed by atoms with van der Waals surface area (Å²) < 4.78 is 6.81. The van der Waals surface area contributed by atoms with Crippen LogP contribution in [0.4, 0.5) is 0 Å². The molecular weight excluding hydrogens is 304 g/mol. The van der Waals surface area contributed by atoms with Gasteiger partial charge >= 0.3 is 0 Å². The maximum absolute atomic E-state index is 12.8. The van der Waals surface area contributed by atoms with Gasteiger partial charge in [0, 0.05) is 11.1 Å². The van der Waals surface area contributed by atoms with Gasteiger partial charge in [0.05, 0.1) is 18.5 Å². The van der Waals surface area contributed by atoms with Gasteiger partial charge in [-0.05, 0) is 25.0 Å². The molecular formula is C18H18N4O2. The molecule has 122 valence electrons. The van der Waals surface area contributed by atoms with E-state index in [4.69, 9.17) is 4.74 Å². The first-order valence-electron chi connectivity index (χ1n) is 7.84. The Labute approximate surface area is 139 Å². The Kier molecular flexibility index (Phi) is 4.09. The van der Waals surface area contributed by atoms with E-state index in [2.05, 4.69) is 16.2 Å². The third-order valence-corrected chi connectivity index (χ3v) is 3.84. The number of fused-ring (bicyclic) bond motifs is 1. The molecule has 1 N–H and O–H groups in total. The van der Waals surface area contributed by atoms with Crippen molar-refractivity contribution >= 4 is 5.65 Å². The van der Waals surface area contributed by atoms with Gasteiger partial charge in [0.2, 0.25) is 0 Å². The van der Waals surface area contributed by atoms with Crippen molar-refractivity contribution in [3.05, 3.63) is 51.9 Å². The largest absolute Gasteiger partial charge is 0.494 e. The van der Waals surface area contributed by atoms with Crippen LogP contribution < -0.4 is 10.3 Å². The van der Waals surface area contributed by atoms with Crippen LogP contribution in [0.2, 0.25) is 0 Å². The average molecular weight is 322 g/mol. The Bertz CT molecular complexity index is 992. The summed E-state index contributed by atoms with van der Waals surface area (Å²) >= 11 is 0. The van der Waals surface area contributed by atoms with Gasteiger partial charge < -0.3 is 9.72 Å². The number of nitriles is 1. The quantitative estimate of drug-likeness (QED) is 0.800. The van der Waals surface area contributed by atoms with Gasteiger partial charge in [-0.15, -0.1) is 0 Å². The molecule has 6 heteroatoms. The lowest BCUT2D eigenvalue weighted by molar-refractivity contribution is 0.340. The summed E-state index contributed by atoms with van der Waals surface area (Å²) in [5.41, 5.74) is 2.70. The van der Waals surface area contributed by atoms with E-state index in [0.717, 1.165) is 11.3 Å².